The lowest BCUT2D eigenvalue weighted by Gasteiger charge is -2.23. The predicted octanol–water partition coefficient (Wildman–Crippen LogP) is 2.57. The molecule has 0 atom stereocenters. The molecule has 0 saturated heterocycles. The molecule has 0 unspecified atom stereocenters. The Balaban J connectivity index is 2.23. The molecule has 0 radical (unpaired) electrons. The van der Waals surface area contributed by atoms with E-state index in [0.29, 0.717) is 6.42 Å². The number of carbonyl (C=O) groups excluding carboxylic acids is 1. The van der Waals surface area contributed by atoms with Crippen LogP contribution in [-0.2, 0) is 10.2 Å². The number of benzene rings is 1. The van der Waals surface area contributed by atoms with Gasteiger partial charge < -0.3 is 4.74 Å². The predicted molar refractivity (Wildman–Crippen MR) is 56.4 cm³/mol. The monoisotopic (exact) mass is 198 g/mol. The molecule has 1 aromatic carbocycles. The molecule has 0 N–H and O–H groups in total. The highest BCUT2D eigenvalue weighted by Gasteiger charge is 2.40. The second kappa shape index (κ2) is 2.83. The van der Waals surface area contributed by atoms with Crippen molar-refractivity contribution in [2.45, 2.75) is 11.8 Å². The molecule has 74 valence electrons. The van der Waals surface area contributed by atoms with E-state index in [1.165, 1.54) is 0 Å². The average Bonchev–Trinajstić information content (AvgIpc) is 2.55. The van der Waals surface area contributed by atoms with Gasteiger partial charge in [-0.05, 0) is 17.7 Å². The third-order valence-electron chi connectivity index (χ3n) is 3.07. The van der Waals surface area contributed by atoms with Gasteiger partial charge >= 0.3 is 0 Å². The third kappa shape index (κ3) is 1.08. The van der Waals surface area contributed by atoms with Crippen molar-refractivity contribution in [3.63, 3.8) is 0 Å². The first kappa shape index (κ1) is 8.48. The van der Waals surface area contributed by atoms with E-state index in [4.69, 9.17) is 4.74 Å². The lowest BCUT2D eigenvalue weighted by molar-refractivity contribution is 0.0985. The Hall–Kier alpha value is -1.83. The van der Waals surface area contributed by atoms with Crippen LogP contribution in [0.3, 0.4) is 0 Å². The van der Waals surface area contributed by atoms with E-state index >= 15 is 0 Å². The van der Waals surface area contributed by atoms with Gasteiger partial charge in [-0.25, -0.2) is 0 Å². The maximum Gasteiger partial charge on any atom is 0.164 e. The molecule has 1 spiro atoms. The van der Waals surface area contributed by atoms with Crippen molar-refractivity contribution < 1.29 is 9.53 Å². The van der Waals surface area contributed by atoms with E-state index in [-0.39, 0.29) is 11.2 Å². The quantitative estimate of drug-likeness (QED) is 0.640. The number of allylic oxidation sites excluding steroid dienone is 2. The first-order valence-corrected chi connectivity index (χ1v) is 4.95. The number of rotatable bonds is 0. The molecule has 2 nitrogen and oxygen atoms in total. The first-order valence-electron chi connectivity index (χ1n) is 4.95. The van der Waals surface area contributed by atoms with Crippen LogP contribution >= 0.6 is 0 Å². The fourth-order valence-corrected chi connectivity index (χ4v) is 2.31. The number of fused-ring (bicyclic) bond motifs is 2. The van der Waals surface area contributed by atoms with Crippen LogP contribution in [0.25, 0.3) is 0 Å². The lowest BCUT2D eigenvalue weighted by atomic mass is 9.81. The second-order valence-corrected chi connectivity index (χ2v) is 3.93. The van der Waals surface area contributed by atoms with E-state index in [0.717, 1.165) is 11.1 Å². The fourth-order valence-electron chi connectivity index (χ4n) is 2.31. The van der Waals surface area contributed by atoms with Gasteiger partial charge in [0.1, 0.15) is 0 Å². The van der Waals surface area contributed by atoms with Gasteiger partial charge in [-0.3, -0.25) is 4.79 Å². The molecule has 0 aromatic heterocycles. The first-order chi connectivity index (χ1) is 7.32. The smallest absolute Gasteiger partial charge is 0.164 e. The Morgan fingerprint density at radius 1 is 1.13 bits per heavy atom. The molecule has 1 aliphatic carbocycles. The second-order valence-electron chi connectivity index (χ2n) is 3.93. The summed E-state index contributed by atoms with van der Waals surface area (Å²) < 4.78 is 5.03. The average molecular weight is 198 g/mol. The fraction of sp³-hybridized carbons (Fsp3) is 0.154. The minimum Gasteiger partial charge on any atom is -0.473 e. The Kier molecular flexibility index (Phi) is 1.60. The number of Topliss-reactive ketones (excluding diaryl/α,β-unsaturated/α-hetero) is 1. The summed E-state index contributed by atoms with van der Waals surface area (Å²) in [4.78, 5) is 11.8. The van der Waals surface area contributed by atoms with Crippen molar-refractivity contribution >= 4 is 5.78 Å². The molecule has 0 bridgehead atoms. The van der Waals surface area contributed by atoms with Gasteiger partial charge in [-0.1, -0.05) is 24.3 Å². The van der Waals surface area contributed by atoms with E-state index in [1.54, 1.807) is 12.5 Å². The Morgan fingerprint density at radius 2 is 1.87 bits per heavy atom. The SMILES string of the molecule is O=C1CC2(C=COC=C2)c2ccccc21. The number of hydrogen-bond donors (Lipinski definition) is 0. The molecular weight excluding hydrogens is 188 g/mol. The number of ketones is 1. The van der Waals surface area contributed by atoms with Gasteiger partial charge in [-0.15, -0.1) is 0 Å². The summed E-state index contributed by atoms with van der Waals surface area (Å²) in [6.07, 6.45) is 7.72. The van der Waals surface area contributed by atoms with Gasteiger partial charge in [0.15, 0.2) is 5.78 Å². The van der Waals surface area contributed by atoms with Crippen molar-refractivity contribution in [2.75, 3.05) is 0 Å². The molecule has 0 amide bonds. The van der Waals surface area contributed by atoms with E-state index in [2.05, 4.69) is 0 Å². The summed E-state index contributed by atoms with van der Waals surface area (Å²) in [5.74, 6) is 0.210. The van der Waals surface area contributed by atoms with Crippen molar-refractivity contribution in [1.29, 1.82) is 0 Å². The zero-order chi connectivity index (χ0) is 10.3. The van der Waals surface area contributed by atoms with E-state index in [1.807, 2.05) is 36.4 Å². The molecule has 2 heteroatoms. The maximum atomic E-state index is 11.8. The zero-order valence-corrected chi connectivity index (χ0v) is 8.14. The van der Waals surface area contributed by atoms with Crippen LogP contribution in [0.15, 0.2) is 48.9 Å². The van der Waals surface area contributed by atoms with E-state index in [9.17, 15) is 4.79 Å². The highest BCUT2D eigenvalue weighted by molar-refractivity contribution is 6.03. The summed E-state index contributed by atoms with van der Waals surface area (Å²) in [6.45, 7) is 0. The highest BCUT2D eigenvalue weighted by Crippen LogP contribution is 2.42. The number of hydrogen-bond acceptors (Lipinski definition) is 2. The summed E-state index contributed by atoms with van der Waals surface area (Å²) in [7, 11) is 0. The third-order valence-corrected chi connectivity index (χ3v) is 3.07. The molecule has 2 aliphatic rings. The van der Waals surface area contributed by atoms with Crippen LogP contribution in [0.1, 0.15) is 22.3 Å². The molecule has 3 rings (SSSR count). The Bertz CT molecular complexity index is 471. The van der Waals surface area contributed by atoms with Crippen LogP contribution < -0.4 is 0 Å². The minimum atomic E-state index is -0.258. The van der Waals surface area contributed by atoms with Gasteiger partial charge in [0.25, 0.3) is 0 Å². The molecule has 0 fully saturated rings. The molecule has 1 heterocycles. The zero-order valence-electron chi connectivity index (χ0n) is 8.14. The molecule has 1 aliphatic heterocycles. The van der Waals surface area contributed by atoms with Crippen LogP contribution in [0.4, 0.5) is 0 Å². The standard InChI is InChI=1S/C13H10O2/c14-12-9-13(5-7-15-8-6-13)11-4-2-1-3-10(11)12/h1-8H,9H2. The summed E-state index contributed by atoms with van der Waals surface area (Å²) in [6, 6.07) is 7.78. The van der Waals surface area contributed by atoms with Gasteiger partial charge in [0.2, 0.25) is 0 Å². The van der Waals surface area contributed by atoms with Crippen LogP contribution in [0.5, 0.6) is 0 Å². The van der Waals surface area contributed by atoms with Gasteiger partial charge in [0, 0.05) is 17.4 Å². The normalized spacial score (nSPS) is 20.4. The van der Waals surface area contributed by atoms with Crippen molar-refractivity contribution in [3.05, 3.63) is 60.1 Å². The topological polar surface area (TPSA) is 26.3 Å². The highest BCUT2D eigenvalue weighted by atomic mass is 16.5. The van der Waals surface area contributed by atoms with Crippen molar-refractivity contribution in [2.24, 2.45) is 0 Å². The number of carbonyl (C=O) groups is 1. The van der Waals surface area contributed by atoms with E-state index < -0.39 is 0 Å². The molecular formula is C13H10O2. The molecule has 0 saturated carbocycles. The number of ether oxygens (including phenoxy) is 1. The van der Waals surface area contributed by atoms with Crippen molar-refractivity contribution in [1.82, 2.24) is 0 Å². The van der Waals surface area contributed by atoms with Crippen molar-refractivity contribution in [3.8, 4) is 0 Å². The molecule has 1 aromatic rings. The summed E-state index contributed by atoms with van der Waals surface area (Å²) in [5.41, 5.74) is 1.67. The van der Waals surface area contributed by atoms with Crippen LogP contribution in [-0.4, -0.2) is 5.78 Å². The van der Waals surface area contributed by atoms with Crippen LogP contribution in [0, 0.1) is 0 Å². The minimum absolute atomic E-state index is 0.210. The lowest BCUT2D eigenvalue weighted by Crippen LogP contribution is -2.19. The summed E-state index contributed by atoms with van der Waals surface area (Å²) >= 11 is 0. The van der Waals surface area contributed by atoms with Gasteiger partial charge in [0.05, 0.1) is 12.5 Å². The maximum absolute atomic E-state index is 11.8. The Morgan fingerprint density at radius 3 is 2.67 bits per heavy atom. The summed E-state index contributed by atoms with van der Waals surface area (Å²) in [5, 5.41) is 0. The largest absolute Gasteiger partial charge is 0.473 e. The Labute approximate surface area is 87.9 Å². The van der Waals surface area contributed by atoms with Crippen LogP contribution in [0.2, 0.25) is 0 Å². The molecule has 15 heavy (non-hydrogen) atoms. The van der Waals surface area contributed by atoms with Gasteiger partial charge in [-0.2, -0.15) is 0 Å².